The van der Waals surface area contributed by atoms with E-state index >= 15 is 0 Å². The molecule has 0 N–H and O–H groups in total. The zero-order valence-corrected chi connectivity index (χ0v) is 22.8. The van der Waals surface area contributed by atoms with Gasteiger partial charge in [-0.3, -0.25) is 9.97 Å². The van der Waals surface area contributed by atoms with Crippen molar-refractivity contribution in [2.24, 2.45) is 0 Å². The number of benzene rings is 5. The molecule has 3 nitrogen and oxygen atoms in total. The standard InChI is InChI=1S/C39H25N3/c1-3-13-30-26(9-1)11-7-15-32(30)28-18-20-36-35(23-28)34(29-19-21-38(41-25-29)37-17-5-6-22-40-37)24-39(42-36)33-16-8-12-27-10-2-4-14-31(27)33/h1-25H. The Morgan fingerprint density at radius 2 is 1.05 bits per heavy atom. The highest BCUT2D eigenvalue weighted by molar-refractivity contribution is 6.04. The van der Waals surface area contributed by atoms with Crippen molar-refractivity contribution >= 4 is 32.4 Å². The smallest absolute Gasteiger partial charge is 0.0886 e. The zero-order chi connectivity index (χ0) is 27.9. The Labute approximate surface area is 243 Å². The molecule has 0 aliphatic heterocycles. The monoisotopic (exact) mass is 535 g/mol. The molecule has 8 aromatic rings. The number of rotatable bonds is 4. The number of hydrogen-bond donors (Lipinski definition) is 0. The summed E-state index contributed by atoms with van der Waals surface area (Å²) in [5, 5.41) is 5.95. The van der Waals surface area contributed by atoms with E-state index in [0.29, 0.717) is 0 Å². The van der Waals surface area contributed by atoms with Gasteiger partial charge in [-0.2, -0.15) is 0 Å². The molecule has 0 amide bonds. The molecule has 0 bridgehead atoms. The maximum Gasteiger partial charge on any atom is 0.0886 e. The van der Waals surface area contributed by atoms with E-state index in [9.17, 15) is 0 Å². The van der Waals surface area contributed by atoms with Gasteiger partial charge in [-0.1, -0.05) is 103 Å². The number of fused-ring (bicyclic) bond motifs is 3. The van der Waals surface area contributed by atoms with E-state index in [1.165, 1.54) is 32.7 Å². The lowest BCUT2D eigenvalue weighted by Crippen LogP contribution is -1.93. The van der Waals surface area contributed by atoms with Crippen molar-refractivity contribution < 1.29 is 0 Å². The molecule has 0 unspecified atom stereocenters. The van der Waals surface area contributed by atoms with Gasteiger partial charge in [0.25, 0.3) is 0 Å². The number of pyridine rings is 3. The number of nitrogens with zero attached hydrogens (tertiary/aromatic N) is 3. The molecular weight excluding hydrogens is 510 g/mol. The fraction of sp³-hybridized carbons (Fsp3) is 0. The lowest BCUT2D eigenvalue weighted by molar-refractivity contribution is 1.25. The second-order valence-corrected chi connectivity index (χ2v) is 10.5. The fourth-order valence-corrected chi connectivity index (χ4v) is 5.92. The first-order valence-corrected chi connectivity index (χ1v) is 14.1. The maximum atomic E-state index is 5.21. The predicted molar refractivity (Wildman–Crippen MR) is 174 cm³/mol. The zero-order valence-electron chi connectivity index (χ0n) is 22.8. The van der Waals surface area contributed by atoms with Gasteiger partial charge in [-0.15, -0.1) is 0 Å². The first kappa shape index (κ1) is 24.2. The normalized spacial score (nSPS) is 11.3. The average Bonchev–Trinajstić information content (AvgIpc) is 3.07. The van der Waals surface area contributed by atoms with Gasteiger partial charge in [0.2, 0.25) is 0 Å². The van der Waals surface area contributed by atoms with Crippen LogP contribution in [-0.2, 0) is 0 Å². The second-order valence-electron chi connectivity index (χ2n) is 10.5. The summed E-state index contributed by atoms with van der Waals surface area (Å²) in [7, 11) is 0. The molecule has 0 aliphatic carbocycles. The molecular formula is C39H25N3. The molecule has 8 rings (SSSR count). The van der Waals surface area contributed by atoms with Gasteiger partial charge in [-0.25, -0.2) is 4.98 Å². The Balaban J connectivity index is 1.36. The van der Waals surface area contributed by atoms with Gasteiger partial charge in [-0.05, 0) is 74.6 Å². The third-order valence-corrected chi connectivity index (χ3v) is 7.98. The third-order valence-electron chi connectivity index (χ3n) is 7.98. The van der Waals surface area contributed by atoms with E-state index in [-0.39, 0.29) is 0 Å². The van der Waals surface area contributed by atoms with Crippen molar-refractivity contribution in [3.8, 4) is 44.9 Å². The molecule has 3 heteroatoms. The molecule has 0 spiro atoms. The van der Waals surface area contributed by atoms with Crippen LogP contribution in [0.3, 0.4) is 0 Å². The van der Waals surface area contributed by atoms with Crippen LogP contribution in [0.15, 0.2) is 152 Å². The molecule has 0 aliphatic rings. The summed E-state index contributed by atoms with van der Waals surface area (Å²) in [5.41, 5.74) is 9.24. The molecule has 0 saturated carbocycles. The van der Waals surface area contributed by atoms with Crippen LogP contribution >= 0.6 is 0 Å². The molecule has 3 aromatic heterocycles. The minimum Gasteiger partial charge on any atom is -0.255 e. The van der Waals surface area contributed by atoms with Crippen molar-refractivity contribution in [2.75, 3.05) is 0 Å². The van der Waals surface area contributed by atoms with Crippen LogP contribution in [-0.4, -0.2) is 15.0 Å². The summed E-state index contributed by atoms with van der Waals surface area (Å²) in [4.78, 5) is 14.5. The molecule has 5 aromatic carbocycles. The number of aromatic nitrogens is 3. The summed E-state index contributed by atoms with van der Waals surface area (Å²) in [6, 6.07) is 48.9. The Morgan fingerprint density at radius 3 is 1.79 bits per heavy atom. The van der Waals surface area contributed by atoms with Gasteiger partial charge >= 0.3 is 0 Å². The fourth-order valence-electron chi connectivity index (χ4n) is 5.92. The minimum atomic E-state index is 0.850. The highest BCUT2D eigenvalue weighted by atomic mass is 14.8. The van der Waals surface area contributed by atoms with Gasteiger partial charge in [0, 0.05) is 28.9 Å². The topological polar surface area (TPSA) is 38.7 Å². The largest absolute Gasteiger partial charge is 0.255 e. The van der Waals surface area contributed by atoms with Crippen molar-refractivity contribution in [2.45, 2.75) is 0 Å². The van der Waals surface area contributed by atoms with Crippen molar-refractivity contribution in [1.82, 2.24) is 15.0 Å². The molecule has 42 heavy (non-hydrogen) atoms. The van der Waals surface area contributed by atoms with E-state index < -0.39 is 0 Å². The first-order chi connectivity index (χ1) is 20.8. The Bertz CT molecular complexity index is 2230. The highest BCUT2D eigenvalue weighted by Crippen LogP contribution is 2.38. The second kappa shape index (κ2) is 10.1. The van der Waals surface area contributed by atoms with Crippen molar-refractivity contribution in [1.29, 1.82) is 0 Å². The minimum absolute atomic E-state index is 0.850. The van der Waals surface area contributed by atoms with E-state index in [2.05, 4.69) is 126 Å². The van der Waals surface area contributed by atoms with Crippen LogP contribution in [0.4, 0.5) is 0 Å². The van der Waals surface area contributed by atoms with Crippen LogP contribution in [0.5, 0.6) is 0 Å². The summed E-state index contributed by atoms with van der Waals surface area (Å²) in [6.07, 6.45) is 3.75. The predicted octanol–water partition coefficient (Wildman–Crippen LogP) is 10.00. The molecule has 0 saturated heterocycles. The van der Waals surface area contributed by atoms with Crippen LogP contribution in [0.2, 0.25) is 0 Å². The van der Waals surface area contributed by atoms with E-state index in [1.54, 1.807) is 6.20 Å². The van der Waals surface area contributed by atoms with E-state index in [4.69, 9.17) is 9.97 Å². The molecule has 0 atom stereocenters. The Kier molecular flexibility index (Phi) is 5.79. The van der Waals surface area contributed by atoms with Crippen molar-refractivity contribution in [3.63, 3.8) is 0 Å². The van der Waals surface area contributed by atoms with Gasteiger partial charge < -0.3 is 0 Å². The SMILES string of the molecule is c1ccc(-c2ccc(-c3cc(-c4cccc5ccccc45)nc4ccc(-c5cccc6ccccc56)cc34)cn2)nc1. The van der Waals surface area contributed by atoms with E-state index in [1.807, 2.05) is 24.4 Å². The maximum absolute atomic E-state index is 5.21. The van der Waals surface area contributed by atoms with Gasteiger partial charge in [0.1, 0.15) is 0 Å². The Hall–Kier alpha value is -5.67. The molecule has 0 radical (unpaired) electrons. The lowest BCUT2D eigenvalue weighted by Gasteiger charge is -2.14. The quantitative estimate of drug-likeness (QED) is 0.225. The van der Waals surface area contributed by atoms with Crippen LogP contribution < -0.4 is 0 Å². The van der Waals surface area contributed by atoms with Crippen LogP contribution in [0, 0.1) is 0 Å². The third kappa shape index (κ3) is 4.20. The van der Waals surface area contributed by atoms with Crippen LogP contribution in [0.1, 0.15) is 0 Å². The average molecular weight is 536 g/mol. The molecule has 196 valence electrons. The van der Waals surface area contributed by atoms with E-state index in [0.717, 1.165) is 44.7 Å². The Morgan fingerprint density at radius 1 is 0.381 bits per heavy atom. The number of hydrogen-bond acceptors (Lipinski definition) is 3. The lowest BCUT2D eigenvalue weighted by atomic mass is 9.93. The summed E-state index contributed by atoms with van der Waals surface area (Å²) < 4.78 is 0. The molecule has 3 heterocycles. The molecule has 0 fully saturated rings. The van der Waals surface area contributed by atoms with Crippen LogP contribution in [0.25, 0.3) is 77.3 Å². The van der Waals surface area contributed by atoms with Gasteiger partial charge in [0.05, 0.1) is 22.6 Å². The summed E-state index contributed by atoms with van der Waals surface area (Å²) >= 11 is 0. The summed E-state index contributed by atoms with van der Waals surface area (Å²) in [6.45, 7) is 0. The highest BCUT2D eigenvalue weighted by Gasteiger charge is 2.14. The first-order valence-electron chi connectivity index (χ1n) is 14.1. The summed E-state index contributed by atoms with van der Waals surface area (Å²) in [5.74, 6) is 0. The van der Waals surface area contributed by atoms with Gasteiger partial charge in [0.15, 0.2) is 0 Å². The van der Waals surface area contributed by atoms with Crippen molar-refractivity contribution in [3.05, 3.63) is 152 Å².